The van der Waals surface area contributed by atoms with Crippen LogP contribution in [0.4, 0.5) is 5.69 Å². The van der Waals surface area contributed by atoms with Crippen molar-refractivity contribution >= 4 is 34.8 Å². The van der Waals surface area contributed by atoms with Crippen molar-refractivity contribution in [3.8, 4) is 5.75 Å². The lowest BCUT2D eigenvalue weighted by molar-refractivity contribution is -0.130. The van der Waals surface area contributed by atoms with E-state index < -0.39 is 6.04 Å². The molecule has 2 amide bonds. The number of thiocarbonyl (C=S) groups is 1. The molecule has 0 radical (unpaired) electrons. The average Bonchev–Trinajstić information content (AvgIpc) is 2.96. The molecular formula is C22H25N3O3S. The number of likely N-dealkylation sites (N-methyl/N-ethyl adjacent to an activating group) is 1. The van der Waals surface area contributed by atoms with Crippen molar-refractivity contribution < 1.29 is 14.3 Å². The first-order chi connectivity index (χ1) is 14.0. The molecule has 2 aromatic carbocycles. The number of carbonyl (C=O) groups excluding carboxylic acids is 2. The van der Waals surface area contributed by atoms with Crippen LogP contribution in [0.2, 0.25) is 0 Å². The predicted molar refractivity (Wildman–Crippen MR) is 117 cm³/mol. The average molecular weight is 412 g/mol. The van der Waals surface area contributed by atoms with Gasteiger partial charge in [0.05, 0.1) is 13.5 Å². The van der Waals surface area contributed by atoms with Gasteiger partial charge in [0.25, 0.3) is 5.91 Å². The molecule has 1 atom stereocenters. The van der Waals surface area contributed by atoms with E-state index in [4.69, 9.17) is 17.0 Å². The molecule has 6 nitrogen and oxygen atoms in total. The van der Waals surface area contributed by atoms with Crippen molar-refractivity contribution in [1.29, 1.82) is 0 Å². The van der Waals surface area contributed by atoms with Gasteiger partial charge >= 0.3 is 0 Å². The minimum Gasteiger partial charge on any atom is -0.497 e. The fourth-order valence-electron chi connectivity index (χ4n) is 3.39. The van der Waals surface area contributed by atoms with E-state index in [2.05, 4.69) is 5.32 Å². The largest absolute Gasteiger partial charge is 0.497 e. The van der Waals surface area contributed by atoms with Gasteiger partial charge in [-0.05, 0) is 55.4 Å². The Bertz CT molecular complexity index is 871. The van der Waals surface area contributed by atoms with Gasteiger partial charge in [0.15, 0.2) is 5.11 Å². The molecule has 1 aliphatic heterocycles. The summed E-state index contributed by atoms with van der Waals surface area (Å²) in [6.45, 7) is 2.95. The Balaban J connectivity index is 1.68. The third-order valence-corrected chi connectivity index (χ3v) is 5.41. The Kier molecular flexibility index (Phi) is 6.82. The van der Waals surface area contributed by atoms with Gasteiger partial charge in [0, 0.05) is 18.8 Å². The summed E-state index contributed by atoms with van der Waals surface area (Å²) in [4.78, 5) is 28.8. The molecule has 1 N–H and O–H groups in total. The topological polar surface area (TPSA) is 61.9 Å². The van der Waals surface area contributed by atoms with Gasteiger partial charge in [0.1, 0.15) is 11.8 Å². The number of nitrogens with one attached hydrogen (secondary N) is 1. The van der Waals surface area contributed by atoms with Crippen LogP contribution in [0.15, 0.2) is 54.6 Å². The van der Waals surface area contributed by atoms with E-state index in [0.717, 1.165) is 11.3 Å². The second-order valence-corrected chi connectivity index (χ2v) is 7.16. The van der Waals surface area contributed by atoms with Crippen molar-refractivity contribution in [2.24, 2.45) is 0 Å². The quantitative estimate of drug-likeness (QED) is 0.677. The second kappa shape index (κ2) is 9.52. The Hall–Kier alpha value is -2.93. The number of ether oxygens (including phenoxy) is 1. The number of nitrogens with zero attached hydrogens (tertiary/aromatic N) is 2. The van der Waals surface area contributed by atoms with E-state index >= 15 is 0 Å². The smallest absolute Gasteiger partial charge is 0.252 e. The number of amides is 2. The molecule has 1 fully saturated rings. The summed E-state index contributed by atoms with van der Waals surface area (Å²) in [5.41, 5.74) is 1.83. The summed E-state index contributed by atoms with van der Waals surface area (Å²) in [7, 11) is 1.63. The molecular weight excluding hydrogens is 386 g/mol. The number of rotatable bonds is 8. The maximum atomic E-state index is 12.8. The van der Waals surface area contributed by atoms with Crippen molar-refractivity contribution in [2.45, 2.75) is 25.8 Å². The fraction of sp³-hybridized carbons (Fsp3) is 0.318. The highest BCUT2D eigenvalue weighted by Crippen LogP contribution is 2.22. The number of carbonyl (C=O) groups is 2. The zero-order chi connectivity index (χ0) is 20.8. The van der Waals surface area contributed by atoms with Crippen LogP contribution in [0, 0.1) is 0 Å². The summed E-state index contributed by atoms with van der Waals surface area (Å²) < 4.78 is 5.19. The number of hydrogen-bond acceptors (Lipinski definition) is 4. The molecule has 0 bridgehead atoms. The highest BCUT2D eigenvalue weighted by atomic mass is 32.1. The second-order valence-electron chi connectivity index (χ2n) is 6.79. The van der Waals surface area contributed by atoms with Crippen molar-refractivity contribution in [3.05, 3.63) is 60.2 Å². The van der Waals surface area contributed by atoms with Crippen LogP contribution in [0.1, 0.15) is 18.9 Å². The lowest BCUT2D eigenvalue weighted by atomic mass is 10.1. The Morgan fingerprint density at radius 3 is 2.45 bits per heavy atom. The van der Waals surface area contributed by atoms with Crippen LogP contribution >= 0.6 is 12.2 Å². The van der Waals surface area contributed by atoms with E-state index in [1.54, 1.807) is 12.0 Å². The highest BCUT2D eigenvalue weighted by Gasteiger charge is 2.42. The molecule has 0 spiro atoms. The lowest BCUT2D eigenvalue weighted by Crippen LogP contribution is -2.39. The Labute approximate surface area is 176 Å². The van der Waals surface area contributed by atoms with Crippen LogP contribution < -0.4 is 10.1 Å². The molecule has 0 aliphatic carbocycles. The van der Waals surface area contributed by atoms with E-state index in [0.29, 0.717) is 30.3 Å². The van der Waals surface area contributed by atoms with Gasteiger partial charge in [-0.1, -0.05) is 30.3 Å². The van der Waals surface area contributed by atoms with Crippen molar-refractivity contribution in [3.63, 3.8) is 0 Å². The van der Waals surface area contributed by atoms with Gasteiger partial charge in [0.2, 0.25) is 5.91 Å². The molecule has 152 valence electrons. The molecule has 3 rings (SSSR count). The summed E-state index contributed by atoms with van der Waals surface area (Å²) in [6, 6.07) is 16.5. The minimum absolute atomic E-state index is 0.0625. The number of benzene rings is 2. The maximum absolute atomic E-state index is 12.8. The fourth-order valence-corrected chi connectivity index (χ4v) is 3.82. The van der Waals surface area contributed by atoms with Gasteiger partial charge in [-0.3, -0.25) is 14.5 Å². The molecule has 29 heavy (non-hydrogen) atoms. The van der Waals surface area contributed by atoms with E-state index in [1.165, 1.54) is 0 Å². The van der Waals surface area contributed by atoms with Crippen molar-refractivity contribution in [1.82, 2.24) is 9.80 Å². The molecule has 7 heteroatoms. The first-order valence-corrected chi connectivity index (χ1v) is 10.0. The zero-order valence-corrected chi connectivity index (χ0v) is 17.4. The molecule has 0 saturated carbocycles. The van der Waals surface area contributed by atoms with E-state index in [-0.39, 0.29) is 18.2 Å². The van der Waals surface area contributed by atoms with Crippen molar-refractivity contribution in [2.75, 3.05) is 25.5 Å². The molecule has 2 aromatic rings. The van der Waals surface area contributed by atoms with E-state index in [9.17, 15) is 9.59 Å². The molecule has 0 aromatic heterocycles. The summed E-state index contributed by atoms with van der Waals surface area (Å²) >= 11 is 5.53. The van der Waals surface area contributed by atoms with Crippen LogP contribution in [0.5, 0.6) is 5.75 Å². The third kappa shape index (κ3) is 4.92. The number of hydrogen-bond donors (Lipinski definition) is 1. The highest BCUT2D eigenvalue weighted by molar-refractivity contribution is 7.80. The first kappa shape index (κ1) is 20.8. The first-order valence-electron chi connectivity index (χ1n) is 9.63. The molecule has 1 saturated heterocycles. The summed E-state index contributed by atoms with van der Waals surface area (Å²) in [6.07, 6.45) is 0.777. The summed E-state index contributed by atoms with van der Waals surface area (Å²) in [5.74, 6) is 0.480. The summed E-state index contributed by atoms with van der Waals surface area (Å²) in [5, 5.41) is 3.34. The number of para-hydroxylation sites is 1. The van der Waals surface area contributed by atoms with Crippen LogP contribution in [-0.4, -0.2) is 53.0 Å². The third-order valence-electron chi connectivity index (χ3n) is 4.96. The Morgan fingerprint density at radius 1 is 1.14 bits per heavy atom. The number of anilines is 1. The minimum atomic E-state index is -0.579. The molecule has 1 aliphatic rings. The van der Waals surface area contributed by atoms with Gasteiger partial charge in [-0.2, -0.15) is 0 Å². The van der Waals surface area contributed by atoms with Crippen LogP contribution in [-0.2, 0) is 16.0 Å². The predicted octanol–water partition coefficient (Wildman–Crippen LogP) is 3.08. The van der Waals surface area contributed by atoms with E-state index in [1.807, 2.05) is 66.4 Å². The standard InChI is InChI=1S/C22H25N3O3S/c1-3-24-21(27)19(15-20(26)23-17-7-5-4-6-8-17)25(22(24)29)14-13-16-9-11-18(28-2)12-10-16/h4-12,19H,3,13-15H2,1-2H3,(H,23,26)/t19-/m0/s1. The maximum Gasteiger partial charge on any atom is 0.252 e. The number of methoxy groups -OCH3 is 1. The van der Waals surface area contributed by atoms with Gasteiger partial charge in [-0.15, -0.1) is 0 Å². The normalized spacial score (nSPS) is 16.3. The van der Waals surface area contributed by atoms with Crippen LogP contribution in [0.3, 0.4) is 0 Å². The zero-order valence-electron chi connectivity index (χ0n) is 16.6. The molecule has 1 heterocycles. The van der Waals surface area contributed by atoms with Crippen LogP contribution in [0.25, 0.3) is 0 Å². The Morgan fingerprint density at radius 2 is 1.83 bits per heavy atom. The monoisotopic (exact) mass is 411 g/mol. The van der Waals surface area contributed by atoms with Gasteiger partial charge in [-0.25, -0.2) is 0 Å². The SMILES string of the molecule is CCN1C(=O)[C@H](CC(=O)Nc2ccccc2)N(CCc2ccc(OC)cc2)C1=S. The lowest BCUT2D eigenvalue weighted by Gasteiger charge is -2.23. The van der Waals surface area contributed by atoms with Gasteiger partial charge < -0.3 is 15.0 Å². The molecule has 0 unspecified atom stereocenters.